The first kappa shape index (κ1) is 24.1. The largest absolute Gasteiger partial charge is 0.495 e. The number of benzene rings is 1. The minimum Gasteiger partial charge on any atom is -0.495 e. The van der Waals surface area contributed by atoms with Crippen molar-refractivity contribution in [2.75, 3.05) is 13.7 Å². The number of aliphatic hydroxyl groups excluding tert-OH is 1. The highest BCUT2D eigenvalue weighted by atomic mass is 32.2. The van der Waals surface area contributed by atoms with Crippen molar-refractivity contribution < 1.29 is 23.0 Å². The van der Waals surface area contributed by atoms with Crippen LogP contribution in [0, 0.1) is 0 Å². The highest BCUT2D eigenvalue weighted by Crippen LogP contribution is 2.31. The molecule has 2 aliphatic rings. The second kappa shape index (κ2) is 10.9. The summed E-state index contributed by atoms with van der Waals surface area (Å²) in [6, 6.07) is 5.97. The van der Waals surface area contributed by atoms with E-state index in [1.165, 1.54) is 45.3 Å². The fourth-order valence-corrected chi connectivity index (χ4v) is 6.34. The number of ether oxygens (including phenoxy) is 2. The lowest BCUT2D eigenvalue weighted by atomic mass is 9.87. The maximum absolute atomic E-state index is 12.9. The zero-order valence-corrected chi connectivity index (χ0v) is 19.9. The van der Waals surface area contributed by atoms with Crippen molar-refractivity contribution in [1.82, 2.24) is 19.7 Å². The van der Waals surface area contributed by atoms with Gasteiger partial charge in [0.15, 0.2) is 0 Å². The van der Waals surface area contributed by atoms with Crippen LogP contribution in [0.1, 0.15) is 63.0 Å². The lowest BCUT2D eigenvalue weighted by molar-refractivity contribution is -0.0891. The van der Waals surface area contributed by atoms with Gasteiger partial charge >= 0.3 is 0 Å². The van der Waals surface area contributed by atoms with E-state index in [-0.39, 0.29) is 23.4 Å². The Morgan fingerprint density at radius 2 is 1.97 bits per heavy atom. The van der Waals surface area contributed by atoms with Crippen LogP contribution in [0.3, 0.4) is 0 Å². The molecule has 2 N–H and O–H groups in total. The van der Waals surface area contributed by atoms with Crippen molar-refractivity contribution in [1.29, 1.82) is 0 Å². The first-order valence-corrected chi connectivity index (χ1v) is 13.3. The van der Waals surface area contributed by atoms with Crippen molar-refractivity contribution in [3.05, 3.63) is 36.2 Å². The average Bonchev–Trinajstić information content (AvgIpc) is 3.33. The van der Waals surface area contributed by atoms with Crippen LogP contribution in [-0.4, -0.2) is 60.5 Å². The van der Waals surface area contributed by atoms with E-state index in [2.05, 4.69) is 15.0 Å². The monoisotopic (exact) mass is 478 g/mol. The van der Waals surface area contributed by atoms with E-state index < -0.39 is 22.2 Å². The van der Waals surface area contributed by atoms with E-state index in [1.54, 1.807) is 18.2 Å². The Labute approximate surface area is 195 Å². The van der Waals surface area contributed by atoms with E-state index >= 15 is 0 Å². The molecule has 1 saturated heterocycles. The summed E-state index contributed by atoms with van der Waals surface area (Å²) in [5.74, 6) is 0.801. The maximum atomic E-state index is 12.9. The summed E-state index contributed by atoms with van der Waals surface area (Å²) in [7, 11) is -2.38. The zero-order valence-electron chi connectivity index (χ0n) is 19.1. The van der Waals surface area contributed by atoms with Gasteiger partial charge in [-0.2, -0.15) is 0 Å². The molecule has 4 rings (SSSR count). The summed E-state index contributed by atoms with van der Waals surface area (Å²) in [4.78, 5) is 0.0752. The fourth-order valence-electron chi connectivity index (χ4n) is 4.87. The molecule has 3 atom stereocenters. The highest BCUT2D eigenvalue weighted by molar-refractivity contribution is 7.89. The molecule has 9 nitrogen and oxygen atoms in total. The standard InChI is InChI=1S/C23H34N4O5S/c1-31-21-9-5-6-10-23(21)33(29,30)25-19-12-11-18(32-22(19)16-28)13-14-27-15-20(24-26-27)17-7-3-2-4-8-17/h5-6,9-10,15,17-19,22,25,28H,2-4,7-8,11-14,16H2,1H3/t18-,19-,22+/m0/s1. The molecule has 182 valence electrons. The molecule has 0 bridgehead atoms. The van der Waals surface area contributed by atoms with Gasteiger partial charge in [-0.05, 0) is 44.2 Å². The Bertz CT molecular complexity index is 1010. The van der Waals surface area contributed by atoms with Gasteiger partial charge in [0.05, 0.1) is 37.7 Å². The van der Waals surface area contributed by atoms with Crippen molar-refractivity contribution in [2.24, 2.45) is 0 Å². The molecule has 10 heteroatoms. The third-order valence-corrected chi connectivity index (χ3v) is 8.25. The number of nitrogens with one attached hydrogen (secondary N) is 1. The van der Waals surface area contributed by atoms with Crippen LogP contribution in [0.25, 0.3) is 0 Å². The molecular formula is C23H34N4O5S. The number of hydrogen-bond acceptors (Lipinski definition) is 7. The lowest BCUT2D eigenvalue weighted by Gasteiger charge is -2.36. The van der Waals surface area contributed by atoms with Gasteiger partial charge in [-0.15, -0.1) is 5.10 Å². The molecule has 2 heterocycles. The number of aliphatic hydroxyl groups is 1. The summed E-state index contributed by atoms with van der Waals surface area (Å²) in [6.45, 7) is 0.422. The van der Waals surface area contributed by atoms with Crippen LogP contribution in [0.2, 0.25) is 0 Å². The van der Waals surface area contributed by atoms with Gasteiger partial charge in [0.25, 0.3) is 0 Å². The number of para-hydroxylation sites is 1. The first-order valence-electron chi connectivity index (χ1n) is 11.8. The summed E-state index contributed by atoms with van der Waals surface area (Å²) in [5, 5.41) is 18.5. The van der Waals surface area contributed by atoms with Crippen LogP contribution in [0.5, 0.6) is 5.75 Å². The van der Waals surface area contributed by atoms with E-state index in [9.17, 15) is 13.5 Å². The number of nitrogens with zero attached hydrogens (tertiary/aromatic N) is 3. The smallest absolute Gasteiger partial charge is 0.244 e. The van der Waals surface area contributed by atoms with Gasteiger partial charge in [-0.25, -0.2) is 13.1 Å². The third-order valence-electron chi connectivity index (χ3n) is 6.72. The van der Waals surface area contributed by atoms with E-state index in [0.29, 0.717) is 25.3 Å². The number of rotatable bonds is 9. The van der Waals surface area contributed by atoms with Gasteiger partial charge in [0.1, 0.15) is 10.6 Å². The SMILES string of the molecule is COc1ccccc1S(=O)(=O)N[C@H]1CC[C@@H](CCn2cc(C3CCCCC3)nn2)O[C@@H]1CO. The van der Waals surface area contributed by atoms with Gasteiger partial charge < -0.3 is 14.6 Å². The number of aromatic nitrogens is 3. The van der Waals surface area contributed by atoms with Crippen LogP contribution in [-0.2, 0) is 21.3 Å². The van der Waals surface area contributed by atoms with Crippen LogP contribution in [0.4, 0.5) is 0 Å². The second-order valence-electron chi connectivity index (χ2n) is 8.97. The molecule has 1 aromatic carbocycles. The van der Waals surface area contributed by atoms with Crippen molar-refractivity contribution in [3.8, 4) is 5.75 Å². The van der Waals surface area contributed by atoms with Crippen LogP contribution in [0.15, 0.2) is 35.4 Å². The Morgan fingerprint density at radius 1 is 1.18 bits per heavy atom. The van der Waals surface area contributed by atoms with Crippen molar-refractivity contribution in [3.63, 3.8) is 0 Å². The van der Waals surface area contributed by atoms with E-state index in [1.807, 2.05) is 10.9 Å². The van der Waals surface area contributed by atoms with Gasteiger partial charge in [-0.3, -0.25) is 4.68 Å². The fraction of sp³-hybridized carbons (Fsp3) is 0.652. The van der Waals surface area contributed by atoms with E-state index in [4.69, 9.17) is 9.47 Å². The number of hydrogen-bond donors (Lipinski definition) is 2. The van der Waals surface area contributed by atoms with Crippen molar-refractivity contribution >= 4 is 10.0 Å². The predicted octanol–water partition coefficient (Wildman–Crippen LogP) is 2.61. The van der Waals surface area contributed by atoms with Crippen LogP contribution >= 0.6 is 0 Å². The Morgan fingerprint density at radius 3 is 2.73 bits per heavy atom. The highest BCUT2D eigenvalue weighted by Gasteiger charge is 2.34. The third kappa shape index (κ3) is 5.92. The summed E-state index contributed by atoms with van der Waals surface area (Å²) < 4.78 is 41.7. The minimum atomic E-state index is -3.81. The average molecular weight is 479 g/mol. The van der Waals surface area contributed by atoms with Crippen molar-refractivity contribution in [2.45, 2.75) is 87.0 Å². The predicted molar refractivity (Wildman–Crippen MR) is 123 cm³/mol. The molecule has 2 fully saturated rings. The topological polar surface area (TPSA) is 116 Å². The van der Waals surface area contributed by atoms with Gasteiger partial charge in [0, 0.05) is 18.7 Å². The zero-order chi connectivity index (χ0) is 23.3. The summed E-state index contributed by atoms with van der Waals surface area (Å²) in [6.07, 6.45) is 9.58. The molecule has 2 aromatic rings. The Balaban J connectivity index is 1.32. The first-order chi connectivity index (χ1) is 16.0. The number of aryl methyl sites for hydroxylation is 1. The van der Waals surface area contributed by atoms with Gasteiger partial charge in [-0.1, -0.05) is 36.6 Å². The molecule has 0 spiro atoms. The minimum absolute atomic E-state index is 0.0727. The maximum Gasteiger partial charge on any atom is 0.244 e. The second-order valence-corrected chi connectivity index (χ2v) is 10.6. The molecule has 0 radical (unpaired) electrons. The van der Waals surface area contributed by atoms with E-state index in [0.717, 1.165) is 12.1 Å². The molecule has 0 unspecified atom stereocenters. The van der Waals surface area contributed by atoms with Gasteiger partial charge in [0.2, 0.25) is 10.0 Å². The molecule has 1 saturated carbocycles. The number of sulfonamides is 1. The molecule has 33 heavy (non-hydrogen) atoms. The molecular weight excluding hydrogens is 444 g/mol. The molecule has 0 amide bonds. The summed E-state index contributed by atoms with van der Waals surface area (Å²) in [5.41, 5.74) is 1.08. The number of methoxy groups -OCH3 is 1. The summed E-state index contributed by atoms with van der Waals surface area (Å²) >= 11 is 0. The normalized spacial score (nSPS) is 24.6. The lowest BCUT2D eigenvalue weighted by Crippen LogP contribution is -2.51. The quantitative estimate of drug-likeness (QED) is 0.569. The molecule has 1 aliphatic heterocycles. The molecule has 1 aromatic heterocycles. The Hall–Kier alpha value is -2.01. The Kier molecular flexibility index (Phi) is 8.00. The van der Waals surface area contributed by atoms with Crippen LogP contribution < -0.4 is 9.46 Å². The molecule has 1 aliphatic carbocycles.